The van der Waals surface area contributed by atoms with Crippen molar-refractivity contribution in [2.24, 2.45) is 5.73 Å². The van der Waals surface area contributed by atoms with E-state index in [0.717, 1.165) is 11.1 Å². The molecule has 0 aliphatic rings. The van der Waals surface area contributed by atoms with Crippen LogP contribution in [0.1, 0.15) is 15.9 Å². The number of nitrogens with two attached hydrogens (primary N) is 1. The topological polar surface area (TPSA) is 92.0 Å². The number of nitrogens with one attached hydrogen (secondary N) is 1. The van der Waals surface area contributed by atoms with E-state index in [0.29, 0.717) is 12.1 Å². The van der Waals surface area contributed by atoms with E-state index in [2.05, 4.69) is 9.97 Å². The summed E-state index contributed by atoms with van der Waals surface area (Å²) in [6, 6.07) is 1.55. The van der Waals surface area contributed by atoms with Gasteiger partial charge in [0.2, 0.25) is 0 Å². The summed E-state index contributed by atoms with van der Waals surface area (Å²) in [5, 5.41) is 8.73. The van der Waals surface area contributed by atoms with Crippen molar-refractivity contribution in [2.45, 2.75) is 6.54 Å². The van der Waals surface area contributed by atoms with Crippen LogP contribution in [0.3, 0.4) is 0 Å². The molecule has 5 nitrogen and oxygen atoms in total. The van der Waals surface area contributed by atoms with Gasteiger partial charge in [-0.15, -0.1) is 0 Å². The maximum atomic E-state index is 10.6. The monoisotopic (exact) mass is 191 g/mol. The Balaban J connectivity index is 2.63. The zero-order valence-corrected chi connectivity index (χ0v) is 7.32. The smallest absolute Gasteiger partial charge is 0.337 e. The number of aromatic amines is 1. The van der Waals surface area contributed by atoms with Gasteiger partial charge in [-0.25, -0.2) is 4.79 Å². The molecule has 14 heavy (non-hydrogen) atoms. The zero-order valence-electron chi connectivity index (χ0n) is 7.32. The Labute approximate surface area is 79.6 Å². The van der Waals surface area contributed by atoms with Crippen LogP contribution in [0, 0.1) is 0 Å². The number of H-pyrrole nitrogens is 1. The van der Waals surface area contributed by atoms with Gasteiger partial charge in [-0.2, -0.15) is 0 Å². The average molecular weight is 191 g/mol. The van der Waals surface area contributed by atoms with E-state index < -0.39 is 5.97 Å². The number of carboxylic acid groups (broad SMARTS) is 1. The molecule has 0 aliphatic heterocycles. The number of nitrogens with zero attached hydrogens (tertiary/aromatic N) is 1. The van der Waals surface area contributed by atoms with Crippen LogP contribution in [0.2, 0.25) is 0 Å². The van der Waals surface area contributed by atoms with Crippen LogP contribution in [-0.4, -0.2) is 21.0 Å². The lowest BCUT2D eigenvalue weighted by atomic mass is 10.2. The molecule has 0 saturated carbocycles. The normalized spacial score (nSPS) is 10.6. The Morgan fingerprint density at radius 2 is 2.43 bits per heavy atom. The number of aromatic nitrogens is 2. The number of pyridine rings is 1. The molecule has 4 N–H and O–H groups in total. The molecule has 0 atom stereocenters. The van der Waals surface area contributed by atoms with E-state index >= 15 is 0 Å². The molecule has 0 aromatic carbocycles. The molecule has 0 radical (unpaired) electrons. The highest BCUT2D eigenvalue weighted by molar-refractivity contribution is 5.92. The Morgan fingerprint density at radius 3 is 3.07 bits per heavy atom. The van der Waals surface area contributed by atoms with Crippen molar-refractivity contribution in [1.82, 2.24) is 9.97 Å². The Bertz CT molecular complexity index is 490. The van der Waals surface area contributed by atoms with Crippen LogP contribution in [-0.2, 0) is 6.54 Å². The fourth-order valence-corrected chi connectivity index (χ4v) is 1.34. The molecule has 2 aromatic rings. The summed E-state index contributed by atoms with van der Waals surface area (Å²) in [6.45, 7) is 0.388. The second-order valence-electron chi connectivity index (χ2n) is 2.94. The fourth-order valence-electron chi connectivity index (χ4n) is 1.34. The van der Waals surface area contributed by atoms with Gasteiger partial charge in [-0.3, -0.25) is 4.98 Å². The Hall–Kier alpha value is -1.88. The van der Waals surface area contributed by atoms with Gasteiger partial charge in [0.25, 0.3) is 0 Å². The highest BCUT2D eigenvalue weighted by Gasteiger charge is 2.07. The number of fused-ring (bicyclic) bond motifs is 1. The molecule has 2 rings (SSSR count). The molecular weight excluding hydrogens is 182 g/mol. The van der Waals surface area contributed by atoms with Crippen molar-refractivity contribution in [3.63, 3.8) is 0 Å². The first-order valence-corrected chi connectivity index (χ1v) is 4.11. The highest BCUT2D eigenvalue weighted by Crippen LogP contribution is 2.16. The summed E-state index contributed by atoms with van der Waals surface area (Å²) in [5.41, 5.74) is 7.97. The third-order valence-corrected chi connectivity index (χ3v) is 2.06. The van der Waals surface area contributed by atoms with Crippen LogP contribution in [0.15, 0.2) is 18.5 Å². The number of hydrogen-bond donors (Lipinski definition) is 3. The molecule has 0 aliphatic carbocycles. The molecule has 2 heterocycles. The number of hydrogen-bond acceptors (Lipinski definition) is 3. The number of rotatable bonds is 2. The minimum atomic E-state index is -0.983. The lowest BCUT2D eigenvalue weighted by Gasteiger charge is -1.95. The average Bonchev–Trinajstić information content (AvgIpc) is 2.59. The van der Waals surface area contributed by atoms with Crippen LogP contribution in [0.5, 0.6) is 0 Å². The van der Waals surface area contributed by atoms with E-state index in [4.69, 9.17) is 10.8 Å². The maximum Gasteiger partial charge on any atom is 0.337 e. The van der Waals surface area contributed by atoms with E-state index in [1.807, 2.05) is 0 Å². The fraction of sp³-hybridized carbons (Fsp3) is 0.111. The first-order valence-electron chi connectivity index (χ1n) is 4.11. The van der Waals surface area contributed by atoms with Crippen LogP contribution >= 0.6 is 0 Å². The summed E-state index contributed by atoms with van der Waals surface area (Å²) in [6.07, 6.45) is 3.07. The second kappa shape index (κ2) is 3.12. The van der Waals surface area contributed by atoms with Gasteiger partial charge in [0.05, 0.1) is 16.6 Å². The van der Waals surface area contributed by atoms with Gasteiger partial charge in [-0.1, -0.05) is 0 Å². The van der Waals surface area contributed by atoms with Gasteiger partial charge >= 0.3 is 5.97 Å². The summed E-state index contributed by atoms with van der Waals surface area (Å²) < 4.78 is 0. The number of carbonyl (C=O) groups is 1. The molecule has 0 spiro atoms. The largest absolute Gasteiger partial charge is 0.478 e. The molecule has 0 fully saturated rings. The van der Waals surface area contributed by atoms with Crippen molar-refractivity contribution in [3.05, 3.63) is 29.6 Å². The molecular formula is C9H9N3O2. The van der Waals surface area contributed by atoms with E-state index in [1.165, 1.54) is 6.20 Å². The summed E-state index contributed by atoms with van der Waals surface area (Å²) >= 11 is 0. The molecule has 0 saturated heterocycles. The highest BCUT2D eigenvalue weighted by atomic mass is 16.4. The lowest BCUT2D eigenvalue weighted by molar-refractivity contribution is 0.0696. The van der Waals surface area contributed by atoms with E-state index in [9.17, 15) is 4.79 Å². The number of aromatic carboxylic acids is 1. The predicted molar refractivity (Wildman–Crippen MR) is 50.9 cm³/mol. The van der Waals surface area contributed by atoms with Gasteiger partial charge in [-0.05, 0) is 6.07 Å². The van der Waals surface area contributed by atoms with Crippen LogP contribution < -0.4 is 5.73 Å². The van der Waals surface area contributed by atoms with Crippen molar-refractivity contribution in [1.29, 1.82) is 0 Å². The predicted octanol–water partition coefficient (Wildman–Crippen LogP) is 0.720. The summed E-state index contributed by atoms with van der Waals surface area (Å²) in [5.74, 6) is -0.983. The van der Waals surface area contributed by atoms with Gasteiger partial charge in [0.15, 0.2) is 0 Å². The van der Waals surface area contributed by atoms with Gasteiger partial charge < -0.3 is 15.8 Å². The Kier molecular flexibility index (Phi) is 1.94. The Morgan fingerprint density at radius 1 is 1.64 bits per heavy atom. The van der Waals surface area contributed by atoms with Crippen molar-refractivity contribution >= 4 is 17.0 Å². The van der Waals surface area contributed by atoms with Crippen molar-refractivity contribution in [2.75, 3.05) is 0 Å². The van der Waals surface area contributed by atoms with E-state index in [1.54, 1.807) is 12.3 Å². The quantitative estimate of drug-likeness (QED) is 0.652. The minimum absolute atomic E-state index is 0.169. The van der Waals surface area contributed by atoms with Gasteiger partial charge in [0.1, 0.15) is 0 Å². The molecule has 0 amide bonds. The van der Waals surface area contributed by atoms with Gasteiger partial charge in [0, 0.05) is 24.5 Å². The third kappa shape index (κ3) is 1.23. The molecule has 2 aromatic heterocycles. The number of carboxylic acids is 1. The first-order chi connectivity index (χ1) is 6.72. The van der Waals surface area contributed by atoms with E-state index in [-0.39, 0.29) is 5.56 Å². The van der Waals surface area contributed by atoms with Crippen molar-refractivity contribution in [3.8, 4) is 0 Å². The molecule has 5 heteroatoms. The van der Waals surface area contributed by atoms with Crippen molar-refractivity contribution < 1.29 is 9.90 Å². The SMILES string of the molecule is NCc1c[nH]c2cc(C(=O)O)cnc12. The first kappa shape index (κ1) is 8.71. The molecule has 0 bridgehead atoms. The second-order valence-corrected chi connectivity index (χ2v) is 2.94. The van der Waals surface area contributed by atoms with Crippen LogP contribution in [0.25, 0.3) is 11.0 Å². The standard InChI is InChI=1S/C9H9N3O2/c10-2-6-4-11-7-1-5(9(13)14)3-12-8(6)7/h1,3-4,11H,2,10H2,(H,13,14). The van der Waals surface area contributed by atoms with Crippen LogP contribution in [0.4, 0.5) is 0 Å². The molecule has 72 valence electrons. The summed E-state index contributed by atoms with van der Waals surface area (Å²) in [7, 11) is 0. The third-order valence-electron chi connectivity index (χ3n) is 2.06. The molecule has 0 unspecified atom stereocenters. The lowest BCUT2D eigenvalue weighted by Crippen LogP contribution is -1.98. The zero-order chi connectivity index (χ0) is 10.1. The summed E-state index contributed by atoms with van der Waals surface area (Å²) in [4.78, 5) is 17.6. The minimum Gasteiger partial charge on any atom is -0.478 e. The maximum absolute atomic E-state index is 10.6.